The summed E-state index contributed by atoms with van der Waals surface area (Å²) in [4.78, 5) is 34.3. The molecule has 3 heterocycles. The van der Waals surface area contributed by atoms with Crippen LogP contribution in [0.4, 0.5) is 10.1 Å². The van der Waals surface area contributed by atoms with Gasteiger partial charge in [0.05, 0.1) is 17.9 Å². The minimum atomic E-state index is -0.790. The van der Waals surface area contributed by atoms with Gasteiger partial charge in [0, 0.05) is 13.1 Å². The van der Waals surface area contributed by atoms with E-state index >= 15 is 0 Å². The number of halogens is 1. The number of fused-ring (bicyclic) bond motifs is 1. The third-order valence-electron chi connectivity index (χ3n) is 5.99. The zero-order valence-electron chi connectivity index (χ0n) is 18.3. The summed E-state index contributed by atoms with van der Waals surface area (Å²) in [5.74, 6) is 0.0728. The van der Waals surface area contributed by atoms with Crippen molar-refractivity contribution in [3.63, 3.8) is 0 Å². The second-order valence-corrected chi connectivity index (χ2v) is 8.25. The van der Waals surface area contributed by atoms with Crippen molar-refractivity contribution in [2.45, 2.75) is 32.3 Å². The van der Waals surface area contributed by atoms with Crippen LogP contribution in [0.5, 0.6) is 5.75 Å². The lowest BCUT2D eigenvalue weighted by Crippen LogP contribution is -2.53. The lowest BCUT2D eigenvalue weighted by molar-refractivity contribution is -0.139. The first-order chi connectivity index (χ1) is 16.0. The lowest BCUT2D eigenvalue weighted by atomic mass is 10.1. The van der Waals surface area contributed by atoms with E-state index in [4.69, 9.17) is 4.74 Å². The second-order valence-electron chi connectivity index (χ2n) is 8.25. The predicted octanol–water partition coefficient (Wildman–Crippen LogP) is 3.14. The average molecular weight is 449 g/mol. The van der Waals surface area contributed by atoms with Crippen LogP contribution in [0, 0.1) is 12.7 Å². The van der Waals surface area contributed by atoms with E-state index in [2.05, 4.69) is 10.1 Å². The van der Waals surface area contributed by atoms with Gasteiger partial charge in [-0.15, -0.1) is 5.10 Å². The molecular formula is C24H24FN5O3. The Balaban J connectivity index is 1.44. The molecule has 2 aliphatic heterocycles. The number of nitrogens with zero attached hydrogens (tertiary/aromatic N) is 5. The van der Waals surface area contributed by atoms with Crippen molar-refractivity contribution in [2.24, 2.45) is 0 Å². The first-order valence-corrected chi connectivity index (χ1v) is 11.1. The number of anilines is 1. The van der Waals surface area contributed by atoms with Gasteiger partial charge in [-0.05, 0) is 62.6 Å². The monoisotopic (exact) mass is 449 g/mol. The molecule has 0 saturated carbocycles. The Bertz CT molecular complexity index is 1190. The Hall–Kier alpha value is -3.75. The number of aromatic nitrogens is 3. The third-order valence-corrected chi connectivity index (χ3v) is 5.99. The molecule has 8 nitrogen and oxygen atoms in total. The van der Waals surface area contributed by atoms with Crippen molar-refractivity contribution in [2.75, 3.05) is 24.5 Å². The maximum absolute atomic E-state index is 13.5. The van der Waals surface area contributed by atoms with Crippen LogP contribution in [0.15, 0.2) is 48.5 Å². The number of carbonyl (C=O) groups is 2. The Labute approximate surface area is 190 Å². The van der Waals surface area contributed by atoms with Gasteiger partial charge in [-0.3, -0.25) is 14.5 Å². The van der Waals surface area contributed by atoms with Crippen LogP contribution >= 0.6 is 0 Å². The average Bonchev–Trinajstić information content (AvgIpc) is 3.25. The van der Waals surface area contributed by atoms with E-state index in [0.29, 0.717) is 36.0 Å². The number of para-hydroxylation sites is 2. The Kier molecular flexibility index (Phi) is 5.53. The van der Waals surface area contributed by atoms with Crippen LogP contribution in [0.3, 0.4) is 0 Å². The van der Waals surface area contributed by atoms with Crippen LogP contribution in [-0.4, -0.2) is 57.2 Å². The molecule has 5 rings (SSSR count). The van der Waals surface area contributed by atoms with Gasteiger partial charge in [-0.1, -0.05) is 12.1 Å². The molecule has 9 heteroatoms. The lowest BCUT2D eigenvalue weighted by Gasteiger charge is -2.37. The molecule has 0 bridgehead atoms. The molecule has 0 N–H and O–H groups in total. The first-order valence-electron chi connectivity index (χ1n) is 11.1. The van der Waals surface area contributed by atoms with Crippen molar-refractivity contribution in [3.8, 4) is 11.4 Å². The molecule has 33 heavy (non-hydrogen) atoms. The van der Waals surface area contributed by atoms with Crippen molar-refractivity contribution < 1.29 is 18.7 Å². The van der Waals surface area contributed by atoms with Crippen molar-refractivity contribution in [1.82, 2.24) is 19.7 Å². The van der Waals surface area contributed by atoms with Crippen LogP contribution in [-0.2, 0) is 4.79 Å². The molecule has 2 aliphatic rings. The highest BCUT2D eigenvalue weighted by Gasteiger charge is 2.37. The van der Waals surface area contributed by atoms with Crippen LogP contribution in [0.25, 0.3) is 5.69 Å². The number of likely N-dealkylation sites (tertiary alicyclic amines) is 1. The fraction of sp³-hybridized carbons (Fsp3) is 0.333. The molecular weight excluding hydrogens is 425 g/mol. The van der Waals surface area contributed by atoms with Gasteiger partial charge in [0.25, 0.3) is 11.8 Å². The molecule has 2 amide bonds. The highest BCUT2D eigenvalue weighted by molar-refractivity contribution is 6.05. The molecule has 3 aromatic rings. The van der Waals surface area contributed by atoms with Gasteiger partial charge in [0.2, 0.25) is 5.82 Å². The maximum Gasteiger partial charge on any atom is 0.298 e. The third kappa shape index (κ3) is 4.06. The molecule has 0 spiro atoms. The van der Waals surface area contributed by atoms with Gasteiger partial charge < -0.3 is 9.64 Å². The van der Waals surface area contributed by atoms with Crippen LogP contribution in [0.1, 0.15) is 35.7 Å². The van der Waals surface area contributed by atoms with Gasteiger partial charge in [-0.25, -0.2) is 14.1 Å². The molecule has 170 valence electrons. The van der Waals surface area contributed by atoms with E-state index in [1.165, 1.54) is 21.7 Å². The van der Waals surface area contributed by atoms with E-state index in [9.17, 15) is 14.0 Å². The molecule has 0 radical (unpaired) electrons. The molecule has 1 fully saturated rings. The van der Waals surface area contributed by atoms with Crippen LogP contribution in [0.2, 0.25) is 0 Å². The van der Waals surface area contributed by atoms with Gasteiger partial charge in [-0.2, -0.15) is 0 Å². The summed E-state index contributed by atoms with van der Waals surface area (Å²) in [6.07, 6.45) is 2.27. The molecule has 1 atom stereocenters. The zero-order valence-corrected chi connectivity index (χ0v) is 18.3. The van der Waals surface area contributed by atoms with E-state index in [-0.39, 0.29) is 24.1 Å². The SMILES string of the molecule is Cc1nc(C(=O)N2C[C@@H](C(=O)N3CCCCC3)Oc3ccccc32)nn1-c1ccc(F)cc1. The number of carbonyl (C=O) groups excluding carboxylic acids is 2. The number of piperidine rings is 1. The smallest absolute Gasteiger partial charge is 0.298 e. The van der Waals surface area contributed by atoms with E-state index in [1.807, 2.05) is 11.0 Å². The topological polar surface area (TPSA) is 80.6 Å². The summed E-state index contributed by atoms with van der Waals surface area (Å²) >= 11 is 0. The summed E-state index contributed by atoms with van der Waals surface area (Å²) in [5.41, 5.74) is 1.17. The normalized spacial score (nSPS) is 17.9. The summed E-state index contributed by atoms with van der Waals surface area (Å²) in [6.45, 7) is 3.21. The minimum absolute atomic E-state index is 0.00213. The van der Waals surface area contributed by atoms with Crippen molar-refractivity contribution in [3.05, 3.63) is 66.0 Å². The molecule has 0 aliphatic carbocycles. The van der Waals surface area contributed by atoms with E-state index < -0.39 is 12.0 Å². The first kappa shape index (κ1) is 21.1. The maximum atomic E-state index is 13.5. The summed E-state index contributed by atoms with van der Waals surface area (Å²) in [6, 6.07) is 12.9. The standard InChI is InChI=1S/C24H24FN5O3/c1-16-26-22(27-30(16)18-11-9-17(25)10-12-18)24(32)29-15-21(23(31)28-13-5-2-6-14-28)33-20-8-4-3-7-19(20)29/h3-4,7-12,21H,2,5-6,13-15H2,1H3/t21-/m0/s1. The molecule has 2 aromatic carbocycles. The summed E-state index contributed by atoms with van der Waals surface area (Å²) < 4.78 is 20.8. The Morgan fingerprint density at radius 1 is 1.03 bits per heavy atom. The Morgan fingerprint density at radius 2 is 1.76 bits per heavy atom. The van der Waals surface area contributed by atoms with E-state index in [1.54, 1.807) is 37.3 Å². The number of benzene rings is 2. The zero-order chi connectivity index (χ0) is 22.9. The Morgan fingerprint density at radius 3 is 2.52 bits per heavy atom. The fourth-order valence-electron chi connectivity index (χ4n) is 4.30. The summed E-state index contributed by atoms with van der Waals surface area (Å²) in [5, 5.41) is 4.37. The number of ether oxygens (including phenoxy) is 1. The fourth-order valence-corrected chi connectivity index (χ4v) is 4.30. The minimum Gasteiger partial charge on any atom is -0.476 e. The second kappa shape index (κ2) is 8.65. The van der Waals surface area contributed by atoms with E-state index in [0.717, 1.165) is 19.3 Å². The number of aryl methyl sites for hydroxylation is 1. The number of hydrogen-bond acceptors (Lipinski definition) is 5. The number of hydrogen-bond donors (Lipinski definition) is 0. The summed E-state index contributed by atoms with van der Waals surface area (Å²) in [7, 11) is 0. The largest absolute Gasteiger partial charge is 0.476 e. The molecule has 1 aromatic heterocycles. The molecule has 1 saturated heterocycles. The quantitative estimate of drug-likeness (QED) is 0.614. The highest BCUT2D eigenvalue weighted by atomic mass is 19.1. The number of rotatable bonds is 3. The number of amides is 2. The highest BCUT2D eigenvalue weighted by Crippen LogP contribution is 2.34. The van der Waals surface area contributed by atoms with Gasteiger partial charge in [0.1, 0.15) is 17.4 Å². The predicted molar refractivity (Wildman–Crippen MR) is 119 cm³/mol. The van der Waals surface area contributed by atoms with Gasteiger partial charge in [0.15, 0.2) is 6.10 Å². The van der Waals surface area contributed by atoms with Crippen molar-refractivity contribution >= 4 is 17.5 Å². The van der Waals surface area contributed by atoms with Gasteiger partial charge >= 0.3 is 0 Å². The van der Waals surface area contributed by atoms with Crippen molar-refractivity contribution in [1.29, 1.82) is 0 Å². The molecule has 0 unspecified atom stereocenters. The van der Waals surface area contributed by atoms with Crippen LogP contribution < -0.4 is 9.64 Å².